The second kappa shape index (κ2) is 9.52. The van der Waals surface area contributed by atoms with Gasteiger partial charge in [-0.25, -0.2) is 4.79 Å². The van der Waals surface area contributed by atoms with E-state index < -0.39 is 61.0 Å². The Morgan fingerprint density at radius 2 is 1.78 bits per heavy atom. The first-order valence-corrected chi connectivity index (χ1v) is 15.7. The number of fused-ring (bicyclic) bond motifs is 2. The summed E-state index contributed by atoms with van der Waals surface area (Å²) in [5.74, 6) is -1.85. The second-order valence-corrected chi connectivity index (χ2v) is 16.8. The van der Waals surface area contributed by atoms with Gasteiger partial charge >= 0.3 is 6.09 Å². The molecule has 36 heavy (non-hydrogen) atoms. The van der Waals surface area contributed by atoms with E-state index in [0.717, 1.165) is 0 Å². The lowest BCUT2D eigenvalue weighted by Gasteiger charge is -2.47. The molecule has 1 aliphatic carbocycles. The van der Waals surface area contributed by atoms with E-state index in [0.29, 0.717) is 0 Å². The Balaban J connectivity index is 2.01. The highest BCUT2D eigenvalue weighted by molar-refractivity contribution is 6.69. The van der Waals surface area contributed by atoms with Gasteiger partial charge < -0.3 is 38.6 Å². The van der Waals surface area contributed by atoms with Crippen LogP contribution in [0.5, 0.6) is 0 Å². The topological polar surface area (TPSA) is 117 Å². The number of hydrogen-bond acceptors (Lipinski definition) is 9. The van der Waals surface area contributed by atoms with Gasteiger partial charge in [-0.3, -0.25) is 0 Å². The van der Waals surface area contributed by atoms with Crippen molar-refractivity contribution in [1.29, 1.82) is 0 Å². The van der Waals surface area contributed by atoms with Crippen molar-refractivity contribution in [2.75, 3.05) is 6.61 Å². The minimum atomic E-state index is -1.83. The van der Waals surface area contributed by atoms with Crippen molar-refractivity contribution in [2.45, 2.75) is 115 Å². The van der Waals surface area contributed by atoms with E-state index in [1.54, 1.807) is 52.8 Å². The van der Waals surface area contributed by atoms with Gasteiger partial charge in [-0.15, -0.1) is 5.16 Å². The predicted octanol–water partition coefficient (Wildman–Crippen LogP) is 3.62. The second-order valence-electron chi connectivity index (χ2n) is 12.4. The number of amides is 1. The minimum Gasteiger partial charge on any atom is -0.456 e. The van der Waals surface area contributed by atoms with E-state index in [9.17, 15) is 9.90 Å². The molecule has 5 atom stereocenters. The minimum absolute atomic E-state index is 0.228. The van der Waals surface area contributed by atoms with E-state index in [-0.39, 0.29) is 6.61 Å². The smallest absolute Gasteiger partial charge is 0.408 e. The van der Waals surface area contributed by atoms with Gasteiger partial charge in [0, 0.05) is 0 Å². The zero-order chi connectivity index (χ0) is 27.2. The molecule has 3 aliphatic rings. The highest BCUT2D eigenvalue weighted by Gasteiger charge is 2.66. The van der Waals surface area contributed by atoms with Crippen LogP contribution in [0.15, 0.2) is 29.5 Å². The van der Waals surface area contributed by atoms with Crippen LogP contribution in [0.4, 0.5) is 4.79 Å². The molecule has 0 aromatic carbocycles. The first-order valence-electron chi connectivity index (χ1n) is 12.3. The van der Waals surface area contributed by atoms with Crippen LogP contribution in [-0.2, 0) is 28.2 Å². The van der Waals surface area contributed by atoms with Gasteiger partial charge in [-0.05, 0) is 80.3 Å². The molecule has 1 spiro atoms. The largest absolute Gasteiger partial charge is 0.456 e. The zero-order valence-electron chi connectivity index (χ0n) is 23.1. The summed E-state index contributed by atoms with van der Waals surface area (Å²) >= 11 is 0. The number of nitrogens with zero attached hydrogens (tertiary/aromatic N) is 1. The molecule has 3 rings (SSSR count). The van der Waals surface area contributed by atoms with Gasteiger partial charge in [0.05, 0.1) is 12.8 Å². The van der Waals surface area contributed by atoms with Gasteiger partial charge in [-0.1, -0.05) is 12.2 Å². The summed E-state index contributed by atoms with van der Waals surface area (Å²) in [6.45, 7) is 18.8. The van der Waals surface area contributed by atoms with Crippen molar-refractivity contribution in [3.05, 3.63) is 24.3 Å². The van der Waals surface area contributed by atoms with E-state index in [1.807, 2.05) is 33.5 Å². The Morgan fingerprint density at radius 3 is 2.33 bits per heavy atom. The molecule has 2 aliphatic heterocycles. The summed E-state index contributed by atoms with van der Waals surface area (Å²) in [6.07, 6.45) is 4.54. The maximum atomic E-state index is 13.0. The number of allylic oxidation sites excluding steroid dienone is 1. The van der Waals surface area contributed by atoms with Crippen LogP contribution in [0.1, 0.15) is 48.5 Å². The van der Waals surface area contributed by atoms with Crippen molar-refractivity contribution < 1.29 is 38.1 Å². The van der Waals surface area contributed by atoms with Gasteiger partial charge in [0.25, 0.3) is 8.32 Å². The van der Waals surface area contributed by atoms with Crippen LogP contribution >= 0.6 is 0 Å². The lowest BCUT2D eigenvalue weighted by molar-refractivity contribution is -0.192. The number of ether oxygens (including phenoxy) is 5. The summed E-state index contributed by atoms with van der Waals surface area (Å²) in [7, 11) is -1.83. The molecule has 11 heteroatoms. The third-order valence-electron chi connectivity index (χ3n) is 5.75. The van der Waals surface area contributed by atoms with Crippen LogP contribution in [0.25, 0.3) is 0 Å². The Bertz CT molecular complexity index is 920. The fourth-order valence-electron chi connectivity index (χ4n) is 4.43. The molecule has 0 aromatic rings. The highest BCUT2D eigenvalue weighted by Crippen LogP contribution is 2.49. The van der Waals surface area contributed by atoms with Crippen molar-refractivity contribution >= 4 is 20.6 Å². The summed E-state index contributed by atoms with van der Waals surface area (Å²) in [6, 6.07) is 0. The van der Waals surface area contributed by atoms with Crippen molar-refractivity contribution in [1.82, 2.24) is 5.32 Å². The average molecular weight is 527 g/mol. The first kappa shape index (κ1) is 28.8. The van der Waals surface area contributed by atoms with Crippen LogP contribution in [0.3, 0.4) is 0 Å². The number of aliphatic hydroxyl groups is 1. The molecular formula is C25H42N2O8Si. The molecule has 0 saturated carbocycles. The van der Waals surface area contributed by atoms with Gasteiger partial charge in [0.1, 0.15) is 35.1 Å². The molecule has 0 bridgehead atoms. The molecule has 0 aromatic heterocycles. The van der Waals surface area contributed by atoms with E-state index in [4.69, 9.17) is 28.2 Å². The molecule has 2 saturated heterocycles. The number of rotatable bonds is 6. The maximum Gasteiger partial charge on any atom is 0.408 e. The van der Waals surface area contributed by atoms with Crippen molar-refractivity contribution in [2.24, 2.45) is 5.16 Å². The Hall–Kier alpha value is -1.76. The molecular weight excluding hydrogens is 484 g/mol. The van der Waals surface area contributed by atoms with E-state index >= 15 is 0 Å². The Labute approximate surface area is 215 Å². The molecule has 2 N–H and O–H groups in total. The molecule has 2 fully saturated rings. The molecule has 0 radical (unpaired) electrons. The summed E-state index contributed by atoms with van der Waals surface area (Å²) in [4.78, 5) is 13.0. The molecule has 0 unspecified atom stereocenters. The molecule has 10 nitrogen and oxygen atoms in total. The van der Waals surface area contributed by atoms with Crippen LogP contribution in [0, 0.1) is 0 Å². The standard InChI is InChI=1S/C25H42N2O8Si/c1-21(2,3)33-20(29)27-25(17(28)12-11-15-26-35-36(8,9)10)14-13-24(16-30-22(4,5)34-24)18-19(25)32-23(6,7)31-18/h11-15,17-19,28H,16H2,1-10H3,(H,27,29)/b12-11-,26-15+/t17-,18+,19-,24-,25+/m1/s1. The van der Waals surface area contributed by atoms with Gasteiger partial charge in [0.15, 0.2) is 11.6 Å². The molecule has 204 valence electrons. The zero-order valence-corrected chi connectivity index (χ0v) is 24.1. The fraction of sp³-hybridized carbons (Fsp3) is 0.760. The normalized spacial score (nSPS) is 34.3. The third-order valence-corrected chi connectivity index (χ3v) is 6.40. The van der Waals surface area contributed by atoms with E-state index in [2.05, 4.69) is 10.5 Å². The first-order chi connectivity index (χ1) is 16.3. The number of carbonyl (C=O) groups excluding carboxylic acids is 1. The fourth-order valence-corrected chi connectivity index (χ4v) is 4.81. The Kier molecular flexibility index (Phi) is 7.62. The number of oxime groups is 1. The maximum absolute atomic E-state index is 13.0. The van der Waals surface area contributed by atoms with Crippen molar-refractivity contribution in [3.63, 3.8) is 0 Å². The van der Waals surface area contributed by atoms with Gasteiger partial charge in [0.2, 0.25) is 0 Å². The summed E-state index contributed by atoms with van der Waals surface area (Å²) in [5, 5.41) is 18.3. The quantitative estimate of drug-likeness (QED) is 0.233. The predicted molar refractivity (Wildman–Crippen MR) is 137 cm³/mol. The Morgan fingerprint density at radius 1 is 1.14 bits per heavy atom. The van der Waals surface area contributed by atoms with Crippen molar-refractivity contribution in [3.8, 4) is 0 Å². The van der Waals surface area contributed by atoms with E-state index in [1.165, 1.54) is 12.3 Å². The SMILES string of the molecule is CC(C)(C)OC(=O)N[C@]1([C@H](O)/C=C\C=N\O[Si](C)(C)C)C=C[C@@]2(COC(C)(C)O2)[C@H]2OC(C)(C)O[C@H]21. The number of carbonyl (C=O) groups is 1. The molecule has 1 amide bonds. The van der Waals surface area contributed by atoms with Crippen LogP contribution < -0.4 is 5.32 Å². The van der Waals surface area contributed by atoms with Crippen LogP contribution in [0.2, 0.25) is 19.6 Å². The average Bonchev–Trinajstić information content (AvgIpc) is 3.18. The van der Waals surface area contributed by atoms with Crippen LogP contribution in [-0.4, -0.2) is 79.0 Å². The monoisotopic (exact) mass is 526 g/mol. The lowest BCUT2D eigenvalue weighted by Crippen LogP contribution is -2.70. The number of alkyl carbamates (subject to hydrolysis) is 1. The summed E-state index contributed by atoms with van der Waals surface area (Å²) in [5.41, 5.74) is -3.14. The highest BCUT2D eigenvalue weighted by atomic mass is 28.4. The number of hydrogen-bond donors (Lipinski definition) is 2. The number of aliphatic hydroxyl groups excluding tert-OH is 1. The number of nitrogens with one attached hydrogen (secondary N) is 1. The third kappa shape index (κ3) is 6.56. The summed E-state index contributed by atoms with van der Waals surface area (Å²) < 4.78 is 35.8. The lowest BCUT2D eigenvalue weighted by atomic mass is 9.72. The molecule has 2 heterocycles. The van der Waals surface area contributed by atoms with Gasteiger partial charge in [-0.2, -0.15) is 0 Å².